The van der Waals surface area contributed by atoms with Crippen LogP contribution in [0.25, 0.3) is 0 Å². The SMILES string of the molecule is Cc1noc(C)c1S(=O)(=O)N1CCC(c2nccs2)CC1. The zero-order valence-electron chi connectivity index (χ0n) is 11.9. The minimum absolute atomic E-state index is 0.218. The van der Waals surface area contributed by atoms with Gasteiger partial charge in [-0.05, 0) is 26.7 Å². The summed E-state index contributed by atoms with van der Waals surface area (Å²) in [4.78, 5) is 4.55. The molecule has 2 aromatic rings. The highest BCUT2D eigenvalue weighted by Crippen LogP contribution is 2.32. The maximum absolute atomic E-state index is 12.7. The van der Waals surface area contributed by atoms with Crippen LogP contribution >= 0.6 is 11.3 Å². The van der Waals surface area contributed by atoms with Crippen LogP contribution in [-0.2, 0) is 10.0 Å². The molecule has 0 saturated carbocycles. The lowest BCUT2D eigenvalue weighted by Crippen LogP contribution is -2.38. The summed E-state index contributed by atoms with van der Waals surface area (Å²) >= 11 is 1.64. The summed E-state index contributed by atoms with van der Waals surface area (Å²) < 4.78 is 31.9. The van der Waals surface area contributed by atoms with Gasteiger partial charge in [0.1, 0.15) is 10.6 Å². The lowest BCUT2D eigenvalue weighted by atomic mass is 9.99. The molecule has 0 unspecified atom stereocenters. The third-order valence-corrected chi connectivity index (χ3v) is 6.90. The molecule has 114 valence electrons. The van der Waals surface area contributed by atoms with Gasteiger partial charge in [-0.1, -0.05) is 5.16 Å². The monoisotopic (exact) mass is 327 g/mol. The Morgan fingerprint density at radius 3 is 2.57 bits per heavy atom. The van der Waals surface area contributed by atoms with E-state index in [9.17, 15) is 8.42 Å². The number of sulfonamides is 1. The van der Waals surface area contributed by atoms with E-state index in [4.69, 9.17) is 4.52 Å². The third kappa shape index (κ3) is 2.63. The predicted molar refractivity (Wildman–Crippen MR) is 78.8 cm³/mol. The van der Waals surface area contributed by atoms with Gasteiger partial charge in [0, 0.05) is 30.6 Å². The number of aryl methyl sites for hydroxylation is 2. The normalized spacial score (nSPS) is 18.2. The van der Waals surface area contributed by atoms with Crippen LogP contribution in [-0.4, -0.2) is 36.0 Å². The van der Waals surface area contributed by atoms with E-state index in [0.717, 1.165) is 17.8 Å². The van der Waals surface area contributed by atoms with E-state index in [1.807, 2.05) is 5.38 Å². The second kappa shape index (κ2) is 5.51. The first kappa shape index (κ1) is 14.7. The number of nitrogens with zero attached hydrogens (tertiary/aromatic N) is 3. The molecule has 0 amide bonds. The Morgan fingerprint density at radius 1 is 1.33 bits per heavy atom. The largest absolute Gasteiger partial charge is 0.360 e. The molecule has 0 N–H and O–H groups in total. The summed E-state index contributed by atoms with van der Waals surface area (Å²) in [5.41, 5.74) is 0.426. The summed E-state index contributed by atoms with van der Waals surface area (Å²) in [5.74, 6) is 0.718. The molecule has 21 heavy (non-hydrogen) atoms. The van der Waals surface area contributed by atoms with Crippen molar-refractivity contribution < 1.29 is 12.9 Å². The van der Waals surface area contributed by atoms with Crippen molar-refractivity contribution in [2.75, 3.05) is 13.1 Å². The average molecular weight is 327 g/mol. The molecule has 1 fully saturated rings. The van der Waals surface area contributed by atoms with Gasteiger partial charge in [0.25, 0.3) is 0 Å². The van der Waals surface area contributed by atoms with Crippen molar-refractivity contribution in [1.82, 2.24) is 14.4 Å². The Bertz CT molecular complexity index is 694. The van der Waals surface area contributed by atoms with E-state index < -0.39 is 10.0 Å². The highest BCUT2D eigenvalue weighted by atomic mass is 32.2. The van der Waals surface area contributed by atoms with Crippen LogP contribution in [0.15, 0.2) is 21.0 Å². The summed E-state index contributed by atoms with van der Waals surface area (Å²) in [6, 6.07) is 0. The standard InChI is InChI=1S/C13H17N3O3S2/c1-9-12(10(2)19-15-9)21(17,18)16-6-3-11(4-7-16)13-14-5-8-20-13/h5,8,11H,3-4,6-7H2,1-2H3. The quantitative estimate of drug-likeness (QED) is 0.864. The fraction of sp³-hybridized carbons (Fsp3) is 0.538. The number of piperidine rings is 1. The van der Waals surface area contributed by atoms with Gasteiger partial charge in [-0.15, -0.1) is 11.3 Å². The molecule has 8 heteroatoms. The number of hydrogen-bond donors (Lipinski definition) is 0. The number of thiazole rings is 1. The first-order chi connectivity index (χ1) is 10.00. The van der Waals surface area contributed by atoms with Crippen molar-refractivity contribution in [1.29, 1.82) is 0 Å². The van der Waals surface area contributed by atoms with Crippen molar-refractivity contribution in [3.8, 4) is 0 Å². The van der Waals surface area contributed by atoms with E-state index in [-0.39, 0.29) is 4.90 Å². The number of aromatic nitrogens is 2. The maximum Gasteiger partial charge on any atom is 0.248 e. The molecular formula is C13H17N3O3S2. The molecule has 0 atom stereocenters. The first-order valence-electron chi connectivity index (χ1n) is 6.82. The van der Waals surface area contributed by atoms with Gasteiger partial charge in [-0.2, -0.15) is 4.31 Å². The lowest BCUT2D eigenvalue weighted by Gasteiger charge is -2.30. The second-order valence-corrected chi connectivity index (χ2v) is 8.00. The van der Waals surface area contributed by atoms with Crippen LogP contribution < -0.4 is 0 Å². The van der Waals surface area contributed by atoms with E-state index in [1.165, 1.54) is 4.31 Å². The van der Waals surface area contributed by atoms with Gasteiger partial charge in [0.2, 0.25) is 10.0 Å². The van der Waals surface area contributed by atoms with Crippen LogP contribution in [0.5, 0.6) is 0 Å². The lowest BCUT2D eigenvalue weighted by molar-refractivity contribution is 0.318. The van der Waals surface area contributed by atoms with E-state index >= 15 is 0 Å². The van der Waals surface area contributed by atoms with Crippen molar-refractivity contribution in [3.05, 3.63) is 28.0 Å². The summed E-state index contributed by atoms with van der Waals surface area (Å²) in [6.45, 7) is 4.31. The van der Waals surface area contributed by atoms with E-state index in [1.54, 1.807) is 31.4 Å². The zero-order valence-corrected chi connectivity index (χ0v) is 13.6. The van der Waals surface area contributed by atoms with Gasteiger partial charge < -0.3 is 4.52 Å². The molecule has 3 rings (SSSR count). The van der Waals surface area contributed by atoms with E-state index in [2.05, 4.69) is 10.1 Å². The smallest absolute Gasteiger partial charge is 0.248 e. The van der Waals surface area contributed by atoms with Gasteiger partial charge in [0.15, 0.2) is 5.76 Å². The molecule has 0 aromatic carbocycles. The van der Waals surface area contributed by atoms with Crippen LogP contribution in [0.1, 0.15) is 35.2 Å². The Labute approximate surface area is 127 Å². The van der Waals surface area contributed by atoms with Crippen molar-refractivity contribution in [2.24, 2.45) is 0 Å². The van der Waals surface area contributed by atoms with Gasteiger partial charge >= 0.3 is 0 Å². The maximum atomic E-state index is 12.7. The predicted octanol–water partition coefficient (Wildman–Crippen LogP) is 2.32. The molecule has 2 aromatic heterocycles. The van der Waals surface area contributed by atoms with Crippen LogP contribution in [0, 0.1) is 13.8 Å². The third-order valence-electron chi connectivity index (χ3n) is 3.82. The van der Waals surface area contributed by atoms with Gasteiger partial charge in [-0.3, -0.25) is 0 Å². The summed E-state index contributed by atoms with van der Waals surface area (Å²) in [6.07, 6.45) is 3.40. The fourth-order valence-corrected chi connectivity index (χ4v) is 5.32. The van der Waals surface area contributed by atoms with Crippen LogP contribution in [0.2, 0.25) is 0 Å². The number of rotatable bonds is 3. The van der Waals surface area contributed by atoms with Gasteiger partial charge in [0.05, 0.1) is 5.01 Å². The Hall–Kier alpha value is -1.25. The Morgan fingerprint density at radius 2 is 2.05 bits per heavy atom. The van der Waals surface area contributed by atoms with Crippen molar-refractivity contribution in [3.63, 3.8) is 0 Å². The topological polar surface area (TPSA) is 76.3 Å². The van der Waals surface area contributed by atoms with Crippen LogP contribution in [0.4, 0.5) is 0 Å². The van der Waals surface area contributed by atoms with Gasteiger partial charge in [-0.25, -0.2) is 13.4 Å². The molecule has 1 aliphatic heterocycles. The molecule has 3 heterocycles. The molecule has 0 radical (unpaired) electrons. The average Bonchev–Trinajstić information content (AvgIpc) is 3.09. The molecule has 1 aliphatic rings. The zero-order chi connectivity index (χ0) is 15.0. The fourth-order valence-electron chi connectivity index (χ4n) is 2.75. The van der Waals surface area contributed by atoms with Crippen molar-refractivity contribution in [2.45, 2.75) is 37.5 Å². The number of hydrogen-bond acceptors (Lipinski definition) is 6. The summed E-state index contributed by atoms with van der Waals surface area (Å²) in [5, 5.41) is 6.81. The molecule has 1 saturated heterocycles. The second-order valence-electron chi connectivity index (χ2n) is 5.20. The minimum Gasteiger partial charge on any atom is -0.360 e. The van der Waals surface area contributed by atoms with E-state index in [0.29, 0.717) is 30.5 Å². The highest BCUT2D eigenvalue weighted by molar-refractivity contribution is 7.89. The Kier molecular flexibility index (Phi) is 3.85. The molecular weight excluding hydrogens is 310 g/mol. The molecule has 0 spiro atoms. The summed E-state index contributed by atoms with van der Waals surface area (Å²) in [7, 11) is -3.51. The highest BCUT2D eigenvalue weighted by Gasteiger charge is 2.34. The van der Waals surface area contributed by atoms with Crippen molar-refractivity contribution >= 4 is 21.4 Å². The Balaban J connectivity index is 1.77. The molecule has 0 bridgehead atoms. The molecule has 6 nitrogen and oxygen atoms in total. The molecule has 0 aliphatic carbocycles. The first-order valence-corrected chi connectivity index (χ1v) is 9.14. The van der Waals surface area contributed by atoms with Crippen LogP contribution in [0.3, 0.4) is 0 Å². The minimum atomic E-state index is -3.51.